The third kappa shape index (κ3) is 4.49. The predicted octanol–water partition coefficient (Wildman–Crippen LogP) is 2.96. The van der Waals surface area contributed by atoms with Gasteiger partial charge in [-0.1, -0.05) is 30.7 Å². The molecule has 82 valence electrons. The maximum absolute atomic E-state index is 10.2. The summed E-state index contributed by atoms with van der Waals surface area (Å²) >= 11 is 0. The number of aliphatic hydroxyl groups is 1. The quantitative estimate of drug-likeness (QED) is 0.521. The molecule has 0 radical (unpaired) electrons. The van der Waals surface area contributed by atoms with Gasteiger partial charge in [0.1, 0.15) is 0 Å². The van der Waals surface area contributed by atoms with E-state index >= 15 is 0 Å². The second kappa shape index (κ2) is 6.06. The van der Waals surface area contributed by atoms with Gasteiger partial charge in [-0.3, -0.25) is 4.79 Å². The van der Waals surface area contributed by atoms with E-state index in [1.165, 1.54) is 0 Å². The molecule has 1 rings (SSSR count). The van der Waals surface area contributed by atoms with E-state index in [1.54, 1.807) is 0 Å². The second-order valence-electron chi connectivity index (χ2n) is 3.57. The van der Waals surface area contributed by atoms with Crippen molar-refractivity contribution in [2.24, 2.45) is 0 Å². The van der Waals surface area contributed by atoms with Crippen molar-refractivity contribution in [1.82, 2.24) is 0 Å². The molecule has 0 atom stereocenters. The Hall–Kier alpha value is -1.51. The fraction of sp³-hybridized carbons (Fsp3) is 0.417. The van der Waals surface area contributed by atoms with Gasteiger partial charge in [0.05, 0.1) is 5.76 Å². The molecule has 0 bridgehead atoms. The van der Waals surface area contributed by atoms with Crippen molar-refractivity contribution in [3.63, 3.8) is 0 Å². The average molecular weight is 208 g/mol. The van der Waals surface area contributed by atoms with Crippen molar-refractivity contribution < 1.29 is 15.0 Å². The van der Waals surface area contributed by atoms with Crippen LogP contribution in [-0.4, -0.2) is 16.2 Å². The summed E-state index contributed by atoms with van der Waals surface area (Å²) in [4.78, 5) is 10.2. The molecule has 2 N–H and O–H groups in total. The Morgan fingerprint density at radius 3 is 2.20 bits per heavy atom. The van der Waals surface area contributed by atoms with Gasteiger partial charge in [0.2, 0.25) is 0 Å². The highest BCUT2D eigenvalue weighted by molar-refractivity contribution is 5.66. The van der Waals surface area contributed by atoms with Crippen molar-refractivity contribution >= 4 is 5.97 Å². The van der Waals surface area contributed by atoms with Crippen LogP contribution in [0, 0.1) is 0 Å². The van der Waals surface area contributed by atoms with Crippen LogP contribution in [0.3, 0.4) is 0 Å². The van der Waals surface area contributed by atoms with E-state index in [4.69, 9.17) is 5.11 Å². The lowest BCUT2D eigenvalue weighted by Crippen LogP contribution is -1.94. The average Bonchev–Trinajstić information content (AvgIpc) is 2.69. The van der Waals surface area contributed by atoms with Crippen LogP contribution in [0.25, 0.3) is 0 Å². The van der Waals surface area contributed by atoms with E-state index < -0.39 is 5.97 Å². The number of carboxylic acid groups (broad SMARTS) is 1. The number of aliphatic carboxylic acids is 1. The van der Waals surface area contributed by atoms with Crippen molar-refractivity contribution in [2.75, 3.05) is 0 Å². The molecule has 0 aromatic heterocycles. The van der Waals surface area contributed by atoms with Gasteiger partial charge in [-0.15, -0.1) is 0 Å². The van der Waals surface area contributed by atoms with Crippen molar-refractivity contribution in [3.8, 4) is 0 Å². The molecule has 3 heteroatoms. The zero-order valence-corrected chi connectivity index (χ0v) is 8.65. The van der Waals surface area contributed by atoms with Crippen LogP contribution >= 0.6 is 0 Å². The van der Waals surface area contributed by atoms with Crippen LogP contribution in [0.1, 0.15) is 32.1 Å². The topological polar surface area (TPSA) is 57.5 Å². The summed E-state index contributed by atoms with van der Waals surface area (Å²) in [5, 5.41) is 18.0. The highest BCUT2D eigenvalue weighted by Gasteiger charge is 2.02. The van der Waals surface area contributed by atoms with E-state index in [-0.39, 0.29) is 6.42 Å². The normalized spacial score (nSPS) is 13.5. The standard InChI is InChI=1S/C12H16O3/c13-11(10-6-4-5-7-10)8-2-1-3-9-12(14)15/h4-7,13H,1-3,8-9H2,(H,14,15). The number of hydrogen-bond donors (Lipinski definition) is 2. The van der Waals surface area contributed by atoms with Crippen molar-refractivity contribution in [1.29, 1.82) is 0 Å². The number of allylic oxidation sites excluding steroid dienone is 6. The van der Waals surface area contributed by atoms with Gasteiger partial charge < -0.3 is 10.2 Å². The highest BCUT2D eigenvalue weighted by atomic mass is 16.4. The third-order valence-corrected chi connectivity index (χ3v) is 2.30. The van der Waals surface area contributed by atoms with Gasteiger partial charge in [-0.05, 0) is 12.8 Å². The lowest BCUT2D eigenvalue weighted by atomic mass is 10.1. The maximum atomic E-state index is 10.2. The molecular weight excluding hydrogens is 192 g/mol. The first-order valence-electron chi connectivity index (χ1n) is 5.19. The van der Waals surface area contributed by atoms with Crippen LogP contribution in [0.15, 0.2) is 35.6 Å². The van der Waals surface area contributed by atoms with E-state index in [9.17, 15) is 9.90 Å². The summed E-state index contributed by atoms with van der Waals surface area (Å²) in [6.45, 7) is 0. The van der Waals surface area contributed by atoms with Gasteiger partial charge in [0, 0.05) is 18.4 Å². The second-order valence-corrected chi connectivity index (χ2v) is 3.57. The molecular formula is C12H16O3. The van der Waals surface area contributed by atoms with Crippen molar-refractivity contribution in [3.05, 3.63) is 35.6 Å². The minimum absolute atomic E-state index is 0.219. The molecule has 0 saturated carbocycles. The zero-order chi connectivity index (χ0) is 11.1. The van der Waals surface area contributed by atoms with Gasteiger partial charge >= 0.3 is 5.97 Å². The molecule has 1 aliphatic carbocycles. The lowest BCUT2D eigenvalue weighted by Gasteiger charge is -2.01. The monoisotopic (exact) mass is 208 g/mol. The Kier molecular flexibility index (Phi) is 4.68. The zero-order valence-electron chi connectivity index (χ0n) is 8.65. The highest BCUT2D eigenvalue weighted by Crippen LogP contribution is 2.16. The number of carboxylic acids is 1. The molecule has 0 heterocycles. The Morgan fingerprint density at radius 1 is 1.00 bits per heavy atom. The van der Waals surface area contributed by atoms with E-state index in [1.807, 2.05) is 24.3 Å². The van der Waals surface area contributed by atoms with Gasteiger partial charge in [-0.25, -0.2) is 0 Å². The molecule has 0 amide bonds. The molecule has 15 heavy (non-hydrogen) atoms. The van der Waals surface area contributed by atoms with E-state index in [0.717, 1.165) is 18.4 Å². The minimum atomic E-state index is -0.751. The van der Waals surface area contributed by atoms with Gasteiger partial charge in [0.15, 0.2) is 0 Å². The van der Waals surface area contributed by atoms with Gasteiger partial charge in [-0.2, -0.15) is 0 Å². The summed E-state index contributed by atoms with van der Waals surface area (Å²) in [7, 11) is 0. The first-order chi connectivity index (χ1) is 7.20. The molecule has 3 nitrogen and oxygen atoms in total. The first kappa shape index (κ1) is 11.6. The predicted molar refractivity (Wildman–Crippen MR) is 58.7 cm³/mol. The minimum Gasteiger partial charge on any atom is -0.512 e. The summed E-state index contributed by atoms with van der Waals surface area (Å²) in [5.41, 5.74) is 0.869. The number of aliphatic hydroxyl groups excluding tert-OH is 1. The Morgan fingerprint density at radius 2 is 1.60 bits per heavy atom. The molecule has 0 aromatic carbocycles. The number of rotatable bonds is 6. The maximum Gasteiger partial charge on any atom is 0.303 e. The molecule has 0 unspecified atom stereocenters. The third-order valence-electron chi connectivity index (χ3n) is 2.30. The smallest absolute Gasteiger partial charge is 0.303 e. The summed E-state index contributed by atoms with van der Waals surface area (Å²) in [6, 6.07) is 0. The molecule has 0 aliphatic heterocycles. The van der Waals surface area contributed by atoms with E-state index in [0.29, 0.717) is 18.6 Å². The summed E-state index contributed by atoms with van der Waals surface area (Å²) < 4.78 is 0. The SMILES string of the molecule is O=C(O)CCCCCC(O)=C1C=CC=C1. The Bertz CT molecular complexity index is 297. The first-order valence-corrected chi connectivity index (χ1v) is 5.19. The molecule has 0 aromatic rings. The summed E-state index contributed by atoms with van der Waals surface area (Å²) in [5.74, 6) is -0.352. The van der Waals surface area contributed by atoms with Crippen LogP contribution in [-0.2, 0) is 4.79 Å². The van der Waals surface area contributed by atoms with Crippen LogP contribution in [0.2, 0.25) is 0 Å². The number of hydrogen-bond acceptors (Lipinski definition) is 2. The van der Waals surface area contributed by atoms with Crippen LogP contribution in [0.4, 0.5) is 0 Å². The number of carbonyl (C=O) groups is 1. The largest absolute Gasteiger partial charge is 0.512 e. The van der Waals surface area contributed by atoms with Crippen molar-refractivity contribution in [2.45, 2.75) is 32.1 Å². The van der Waals surface area contributed by atoms with Crippen LogP contribution in [0.5, 0.6) is 0 Å². The van der Waals surface area contributed by atoms with Gasteiger partial charge in [0.25, 0.3) is 0 Å². The fourth-order valence-corrected chi connectivity index (χ4v) is 1.46. The Balaban J connectivity index is 2.15. The fourth-order valence-electron chi connectivity index (χ4n) is 1.46. The van der Waals surface area contributed by atoms with Crippen LogP contribution < -0.4 is 0 Å². The number of unbranched alkanes of at least 4 members (excludes halogenated alkanes) is 2. The summed E-state index contributed by atoms with van der Waals surface area (Å²) in [6.07, 6.45) is 10.7. The van der Waals surface area contributed by atoms with E-state index in [2.05, 4.69) is 0 Å². The molecule has 0 spiro atoms. The lowest BCUT2D eigenvalue weighted by molar-refractivity contribution is -0.137. The molecule has 0 saturated heterocycles. The molecule has 0 fully saturated rings. The Labute approximate surface area is 89.4 Å². The molecule has 1 aliphatic rings.